The Morgan fingerprint density at radius 3 is 2.00 bits per heavy atom. The Bertz CT molecular complexity index is 500. The van der Waals surface area contributed by atoms with Gasteiger partial charge in [-0.25, -0.2) is 4.79 Å². The molecular weight excluding hydrogens is 360 g/mol. The zero-order valence-corrected chi connectivity index (χ0v) is 8.61. The van der Waals surface area contributed by atoms with Crippen LogP contribution in [0.5, 0.6) is 0 Å². The van der Waals surface area contributed by atoms with E-state index in [9.17, 15) is 4.79 Å². The van der Waals surface area contributed by atoms with Crippen molar-refractivity contribution < 1.29 is 29.0 Å². The Morgan fingerprint density at radius 1 is 1.31 bits per heavy atom. The number of hydrogen-bond acceptors (Lipinski definition) is 7. The second-order valence-electron chi connectivity index (χ2n) is 1.67. The number of nitrogens with zero attached hydrogens (tertiary/aromatic N) is 1. The molecule has 0 aliphatic carbocycles. The van der Waals surface area contributed by atoms with Gasteiger partial charge in [0.05, 0.1) is 0 Å². The van der Waals surface area contributed by atoms with E-state index in [2.05, 4.69) is 9.97 Å². The number of aromatic nitrogens is 2. The maximum atomic E-state index is 10.2. The summed E-state index contributed by atoms with van der Waals surface area (Å²) in [5, 5.41) is 0. The van der Waals surface area contributed by atoms with Crippen LogP contribution >= 0.6 is 0 Å². The molecule has 0 saturated heterocycles. The predicted molar refractivity (Wildman–Crippen MR) is 32.0 cm³/mol. The van der Waals surface area contributed by atoms with Crippen LogP contribution in [0.4, 0.5) is 5.82 Å². The second kappa shape index (κ2) is 4.52. The third kappa shape index (κ3) is 10.5. The third-order valence-corrected chi connectivity index (χ3v) is 0.692. The van der Waals surface area contributed by atoms with E-state index in [-0.39, 0.29) is 5.82 Å². The van der Waals surface area contributed by atoms with Crippen LogP contribution in [0.3, 0.4) is 0 Å². The zero-order valence-electron chi connectivity index (χ0n) is 6.07. The molecule has 13 heavy (non-hydrogen) atoms. The van der Waals surface area contributed by atoms with Gasteiger partial charge in [-0.15, -0.1) is 0 Å². The summed E-state index contributed by atoms with van der Waals surface area (Å²) in [6, 6.07) is 1.52. The summed E-state index contributed by atoms with van der Waals surface area (Å²) in [5.74, 6) is 0.244. The number of rotatable bonds is 0. The average molecular weight is 365 g/mol. The molecule has 0 atom stereocenters. The van der Waals surface area contributed by atoms with E-state index in [1.165, 1.54) is 12.3 Å². The Kier molecular flexibility index (Phi) is 4.00. The van der Waals surface area contributed by atoms with Gasteiger partial charge in [-0.3, -0.25) is 0 Å². The first-order valence-corrected chi connectivity index (χ1v) is 6.83. The van der Waals surface area contributed by atoms with Gasteiger partial charge in [0.2, 0.25) is 0 Å². The van der Waals surface area contributed by atoms with E-state index in [1.807, 2.05) is 0 Å². The van der Waals surface area contributed by atoms with Crippen molar-refractivity contribution in [1.82, 2.24) is 9.97 Å². The van der Waals surface area contributed by atoms with E-state index >= 15 is 0 Å². The molecule has 8 nitrogen and oxygen atoms in total. The zero-order chi connectivity index (χ0) is 10.5. The van der Waals surface area contributed by atoms with Crippen LogP contribution in [0.25, 0.3) is 0 Å². The molecule has 0 aliphatic rings. The molecule has 3 N–H and O–H groups in total. The molecule has 0 saturated carbocycles. The van der Waals surface area contributed by atoms with E-state index in [1.54, 1.807) is 0 Å². The van der Waals surface area contributed by atoms with Crippen LogP contribution in [-0.4, -0.2) is 9.97 Å². The van der Waals surface area contributed by atoms with E-state index < -0.39 is 20.5 Å². The summed E-state index contributed by atoms with van der Waals surface area (Å²) in [6.07, 6.45) is 1.45. The molecule has 1 aromatic rings. The fraction of sp³-hybridized carbons (Fsp3) is 0. The molecule has 0 radical (unpaired) electrons. The minimum absolute atomic E-state index is 0.244. The molecule has 0 aromatic carbocycles. The molecular formula is C4H5N3O5Os. The van der Waals surface area contributed by atoms with Crippen molar-refractivity contribution in [2.75, 3.05) is 5.73 Å². The van der Waals surface area contributed by atoms with Crippen LogP contribution < -0.4 is 11.4 Å². The van der Waals surface area contributed by atoms with Gasteiger partial charge in [0.1, 0.15) is 5.82 Å². The molecule has 9 heteroatoms. The standard InChI is InChI=1S/C4H5N3O.4O.Os/c5-3-1-2-6-4(8)7-3;;;;;/h1-2H,(H3,5,6,7,8);;;;;. The van der Waals surface area contributed by atoms with Crippen LogP contribution in [0.15, 0.2) is 17.1 Å². The molecule has 0 bridgehead atoms. The number of anilines is 1. The van der Waals surface area contributed by atoms with Crippen LogP contribution in [0.1, 0.15) is 0 Å². The number of H-pyrrole nitrogens is 1. The molecule has 1 heterocycles. The Labute approximate surface area is 73.8 Å². The van der Waals surface area contributed by atoms with Crippen molar-refractivity contribution in [3.05, 3.63) is 22.7 Å². The van der Waals surface area contributed by atoms with E-state index in [4.69, 9.17) is 19.9 Å². The molecule has 0 spiro atoms. The van der Waals surface area contributed by atoms with Crippen molar-refractivity contribution in [2.45, 2.75) is 0 Å². The second-order valence-corrected chi connectivity index (χ2v) is 4.21. The van der Waals surface area contributed by atoms with Crippen molar-refractivity contribution in [1.29, 1.82) is 0 Å². The van der Waals surface area contributed by atoms with Crippen LogP contribution in [0.2, 0.25) is 0 Å². The summed E-state index contributed by atoms with van der Waals surface area (Å²) in [4.78, 5) is 15.9. The van der Waals surface area contributed by atoms with E-state index in [0.717, 1.165) is 0 Å². The summed E-state index contributed by atoms with van der Waals surface area (Å²) >= 11 is -6.06. The van der Waals surface area contributed by atoms with Crippen molar-refractivity contribution in [3.8, 4) is 0 Å². The molecule has 0 unspecified atom stereocenters. The first-order valence-electron chi connectivity index (χ1n) is 2.68. The minimum atomic E-state index is -6.06. The number of aromatic amines is 1. The normalized spacial score (nSPS) is 9.85. The average Bonchev–Trinajstić information content (AvgIpc) is 1.81. The van der Waals surface area contributed by atoms with Crippen LogP contribution in [0, 0.1) is 0 Å². The summed E-state index contributed by atoms with van der Waals surface area (Å²) in [6.45, 7) is 0. The monoisotopic (exact) mass is 367 g/mol. The topological polar surface area (TPSA) is 140 Å². The third-order valence-electron chi connectivity index (χ3n) is 0.692. The summed E-state index contributed by atoms with van der Waals surface area (Å²) in [5.41, 5.74) is 4.72. The van der Waals surface area contributed by atoms with Crippen molar-refractivity contribution in [3.63, 3.8) is 0 Å². The molecule has 0 fully saturated rings. The first kappa shape index (κ1) is 11.5. The fourth-order valence-electron chi connectivity index (χ4n) is 0.385. The van der Waals surface area contributed by atoms with Crippen molar-refractivity contribution >= 4 is 5.82 Å². The van der Waals surface area contributed by atoms with E-state index in [0.29, 0.717) is 0 Å². The Hall–Kier alpha value is -1.48. The quantitative estimate of drug-likeness (QED) is 0.593. The van der Waals surface area contributed by atoms with Gasteiger partial charge in [0.15, 0.2) is 0 Å². The van der Waals surface area contributed by atoms with Gasteiger partial charge in [0.25, 0.3) is 0 Å². The van der Waals surface area contributed by atoms with Crippen LogP contribution in [-0.2, 0) is 29.0 Å². The van der Waals surface area contributed by atoms with Gasteiger partial charge >= 0.3 is 34.7 Å². The Balaban J connectivity index is 0.000000252. The Morgan fingerprint density at radius 2 is 1.77 bits per heavy atom. The van der Waals surface area contributed by atoms with Gasteiger partial charge in [-0.1, -0.05) is 0 Å². The molecule has 74 valence electrons. The summed E-state index contributed by atoms with van der Waals surface area (Å²) < 4.78 is 34.5. The number of nitrogens with one attached hydrogen (secondary N) is 1. The number of nitrogens with two attached hydrogens (primary N) is 1. The first-order chi connectivity index (χ1) is 5.79. The fourth-order valence-corrected chi connectivity index (χ4v) is 0.385. The molecule has 0 aliphatic heterocycles. The SMILES string of the molecule is Nc1cc[nH]c(=O)n1.[O]=[Os](=[O])(=[O])=[O]. The maximum absolute atomic E-state index is 10.2. The van der Waals surface area contributed by atoms with Crippen molar-refractivity contribution in [2.24, 2.45) is 0 Å². The molecule has 0 amide bonds. The molecule has 1 rings (SSSR count). The molecule has 1 aromatic heterocycles. The van der Waals surface area contributed by atoms with Gasteiger partial charge < -0.3 is 10.7 Å². The summed E-state index contributed by atoms with van der Waals surface area (Å²) in [7, 11) is 0. The number of nitrogen functional groups attached to an aromatic ring is 1. The van der Waals surface area contributed by atoms with Gasteiger partial charge in [0, 0.05) is 6.20 Å². The van der Waals surface area contributed by atoms with Gasteiger partial charge in [-0.2, -0.15) is 4.98 Å². The van der Waals surface area contributed by atoms with Gasteiger partial charge in [-0.05, 0) is 6.07 Å². The number of hydrogen-bond donors (Lipinski definition) is 2. The predicted octanol–water partition coefficient (Wildman–Crippen LogP) is -1.13.